The molecule has 0 bridgehead atoms. The van der Waals surface area contributed by atoms with Crippen LogP contribution in [0.2, 0.25) is 0 Å². The molecule has 1 rings (SSSR count). The van der Waals surface area contributed by atoms with Crippen molar-refractivity contribution in [3.05, 3.63) is 35.9 Å². The highest BCUT2D eigenvalue weighted by Crippen LogP contribution is 1.96. The quantitative estimate of drug-likeness (QED) is 0.788. The Morgan fingerprint density at radius 2 is 1.88 bits per heavy atom. The highest BCUT2D eigenvalue weighted by atomic mass is 32.2. The topological polar surface area (TPSA) is 60.2 Å². The Morgan fingerprint density at radius 1 is 1.19 bits per heavy atom. The fourth-order valence-electron chi connectivity index (χ4n) is 1.15. The van der Waals surface area contributed by atoms with Crippen LogP contribution in [0.15, 0.2) is 30.3 Å². The molecule has 0 spiro atoms. The van der Waals surface area contributed by atoms with Crippen LogP contribution in [0, 0.1) is 11.8 Å². The molecule has 3 nitrogen and oxygen atoms in total. The number of sulfone groups is 1. The first-order valence-electron chi connectivity index (χ1n) is 5.08. The second kappa shape index (κ2) is 6.31. The zero-order valence-corrected chi connectivity index (χ0v) is 9.83. The van der Waals surface area contributed by atoms with Crippen LogP contribution in [0.1, 0.15) is 12.0 Å². The van der Waals surface area contributed by atoms with E-state index in [-0.39, 0.29) is 11.5 Å². The van der Waals surface area contributed by atoms with Gasteiger partial charge >= 0.3 is 0 Å². The molecular weight excluding hydrogens is 222 g/mol. The zero-order chi connectivity index (χ0) is 11.9. The molecule has 0 aliphatic rings. The van der Waals surface area contributed by atoms with E-state index in [0.29, 0.717) is 13.0 Å². The Kier molecular flexibility index (Phi) is 5.03. The molecule has 0 aliphatic heterocycles. The molecule has 0 radical (unpaired) electrons. The van der Waals surface area contributed by atoms with Gasteiger partial charge in [0.1, 0.15) is 5.75 Å². The van der Waals surface area contributed by atoms with Gasteiger partial charge in [0.25, 0.3) is 0 Å². The van der Waals surface area contributed by atoms with Gasteiger partial charge in [-0.2, -0.15) is 0 Å². The molecule has 0 unspecified atom stereocenters. The van der Waals surface area contributed by atoms with E-state index in [9.17, 15) is 8.42 Å². The largest absolute Gasteiger partial charge is 0.330 e. The summed E-state index contributed by atoms with van der Waals surface area (Å²) in [6.45, 7) is 0.394. The van der Waals surface area contributed by atoms with Gasteiger partial charge in [0.05, 0.1) is 5.75 Å². The summed E-state index contributed by atoms with van der Waals surface area (Å²) < 4.78 is 22.8. The summed E-state index contributed by atoms with van der Waals surface area (Å²) in [6.07, 6.45) is 0.495. The molecule has 0 amide bonds. The van der Waals surface area contributed by atoms with Crippen molar-refractivity contribution in [3.63, 3.8) is 0 Å². The smallest absolute Gasteiger partial charge is 0.161 e. The lowest BCUT2D eigenvalue weighted by Gasteiger charge is -1.96. The van der Waals surface area contributed by atoms with Crippen molar-refractivity contribution in [3.8, 4) is 11.8 Å². The first kappa shape index (κ1) is 12.8. The summed E-state index contributed by atoms with van der Waals surface area (Å²) in [7, 11) is -3.07. The summed E-state index contributed by atoms with van der Waals surface area (Å²) >= 11 is 0. The van der Waals surface area contributed by atoms with Gasteiger partial charge in [0.15, 0.2) is 9.84 Å². The van der Waals surface area contributed by atoms with E-state index < -0.39 is 9.84 Å². The van der Waals surface area contributed by atoms with Gasteiger partial charge in [-0.15, -0.1) is 0 Å². The molecule has 0 fully saturated rings. The Balaban J connectivity index is 2.55. The van der Waals surface area contributed by atoms with Crippen LogP contribution < -0.4 is 5.73 Å². The number of hydrogen-bond acceptors (Lipinski definition) is 3. The second-order valence-electron chi connectivity index (χ2n) is 3.40. The Labute approximate surface area is 96.6 Å². The van der Waals surface area contributed by atoms with Gasteiger partial charge < -0.3 is 5.73 Å². The van der Waals surface area contributed by atoms with Gasteiger partial charge in [0, 0.05) is 5.56 Å². The van der Waals surface area contributed by atoms with Crippen LogP contribution in [0.4, 0.5) is 0 Å². The van der Waals surface area contributed by atoms with Crippen molar-refractivity contribution in [2.24, 2.45) is 5.73 Å². The molecule has 0 saturated carbocycles. The van der Waals surface area contributed by atoms with Crippen molar-refractivity contribution in [1.29, 1.82) is 0 Å². The maximum Gasteiger partial charge on any atom is 0.161 e. The molecule has 0 heterocycles. The Hall–Kier alpha value is -1.31. The number of benzene rings is 1. The fraction of sp³-hybridized carbons (Fsp3) is 0.333. The lowest BCUT2D eigenvalue weighted by atomic mass is 10.2. The highest BCUT2D eigenvalue weighted by molar-refractivity contribution is 7.91. The van der Waals surface area contributed by atoms with Crippen molar-refractivity contribution >= 4 is 9.84 Å². The molecule has 0 saturated heterocycles. The third-order valence-corrected chi connectivity index (χ3v) is 3.45. The zero-order valence-electron chi connectivity index (χ0n) is 9.02. The van der Waals surface area contributed by atoms with E-state index >= 15 is 0 Å². The molecule has 1 aromatic carbocycles. The van der Waals surface area contributed by atoms with E-state index in [1.54, 1.807) is 0 Å². The summed E-state index contributed by atoms with van der Waals surface area (Å²) in [6, 6.07) is 9.32. The third kappa shape index (κ3) is 4.96. The SMILES string of the molecule is NCCCS(=O)(=O)CC#Cc1ccccc1. The van der Waals surface area contributed by atoms with E-state index in [1.807, 2.05) is 30.3 Å². The maximum atomic E-state index is 11.4. The molecule has 0 atom stereocenters. The molecule has 16 heavy (non-hydrogen) atoms. The summed E-state index contributed by atoms with van der Waals surface area (Å²) in [5.74, 6) is 5.51. The van der Waals surface area contributed by atoms with Crippen LogP contribution in [-0.4, -0.2) is 26.5 Å². The standard InChI is InChI=1S/C12H15NO2S/c13-9-5-11-16(14,15)10-4-8-12-6-2-1-3-7-12/h1-3,6-7H,5,9-11,13H2. The number of rotatable bonds is 4. The normalized spacial score (nSPS) is 10.6. The predicted molar refractivity (Wildman–Crippen MR) is 65.6 cm³/mol. The highest BCUT2D eigenvalue weighted by Gasteiger charge is 2.06. The van der Waals surface area contributed by atoms with E-state index in [2.05, 4.69) is 11.8 Å². The van der Waals surface area contributed by atoms with Crippen LogP contribution in [0.3, 0.4) is 0 Å². The molecule has 2 N–H and O–H groups in total. The van der Waals surface area contributed by atoms with E-state index in [1.165, 1.54) is 0 Å². The van der Waals surface area contributed by atoms with Crippen molar-refractivity contribution < 1.29 is 8.42 Å². The average molecular weight is 237 g/mol. The van der Waals surface area contributed by atoms with Gasteiger partial charge in [0.2, 0.25) is 0 Å². The summed E-state index contributed by atoms with van der Waals surface area (Å²) in [5, 5.41) is 0. The second-order valence-corrected chi connectivity index (χ2v) is 5.59. The average Bonchev–Trinajstić information content (AvgIpc) is 2.28. The number of hydrogen-bond donors (Lipinski definition) is 1. The molecule has 86 valence electrons. The van der Waals surface area contributed by atoms with Crippen molar-refractivity contribution in [1.82, 2.24) is 0 Å². The van der Waals surface area contributed by atoms with Crippen molar-refractivity contribution in [2.75, 3.05) is 18.1 Å². The molecule has 0 aromatic heterocycles. The Bertz CT molecular complexity index is 469. The summed E-state index contributed by atoms with van der Waals surface area (Å²) in [5.41, 5.74) is 6.09. The fourth-order valence-corrected chi connectivity index (χ4v) is 2.19. The molecule has 0 aliphatic carbocycles. The van der Waals surface area contributed by atoms with Crippen molar-refractivity contribution in [2.45, 2.75) is 6.42 Å². The monoisotopic (exact) mass is 237 g/mol. The molecule has 1 aromatic rings. The van der Waals surface area contributed by atoms with Gasteiger partial charge in [-0.3, -0.25) is 0 Å². The van der Waals surface area contributed by atoms with E-state index in [4.69, 9.17) is 5.73 Å². The molecule has 4 heteroatoms. The summed E-state index contributed by atoms with van der Waals surface area (Å²) in [4.78, 5) is 0. The minimum Gasteiger partial charge on any atom is -0.330 e. The van der Waals surface area contributed by atoms with Gasteiger partial charge in [-0.25, -0.2) is 8.42 Å². The minimum atomic E-state index is -3.07. The lowest BCUT2D eigenvalue weighted by molar-refractivity contribution is 0.597. The number of nitrogens with two attached hydrogens (primary N) is 1. The minimum absolute atomic E-state index is 0.0953. The van der Waals surface area contributed by atoms with Gasteiger partial charge in [-0.1, -0.05) is 30.0 Å². The van der Waals surface area contributed by atoms with Crippen LogP contribution >= 0.6 is 0 Å². The first-order chi connectivity index (χ1) is 7.64. The van der Waals surface area contributed by atoms with Gasteiger partial charge in [-0.05, 0) is 25.1 Å². The van der Waals surface area contributed by atoms with Crippen LogP contribution in [0.25, 0.3) is 0 Å². The lowest BCUT2D eigenvalue weighted by Crippen LogP contribution is -2.13. The van der Waals surface area contributed by atoms with E-state index in [0.717, 1.165) is 5.56 Å². The predicted octanol–water partition coefficient (Wildman–Crippen LogP) is 0.802. The van der Waals surface area contributed by atoms with Crippen LogP contribution in [0.5, 0.6) is 0 Å². The van der Waals surface area contributed by atoms with Crippen LogP contribution in [-0.2, 0) is 9.84 Å². The third-order valence-electron chi connectivity index (χ3n) is 1.96. The maximum absolute atomic E-state index is 11.4. The Morgan fingerprint density at radius 3 is 2.50 bits per heavy atom. The molecular formula is C12H15NO2S. The first-order valence-corrected chi connectivity index (χ1v) is 6.90.